The van der Waals surface area contributed by atoms with Crippen molar-refractivity contribution in [2.24, 2.45) is 0 Å². The van der Waals surface area contributed by atoms with Crippen molar-refractivity contribution in [3.8, 4) is 0 Å². The summed E-state index contributed by atoms with van der Waals surface area (Å²) in [4.78, 5) is 17.5. The molecular formula is C11H12N2O3. The van der Waals surface area contributed by atoms with Crippen molar-refractivity contribution in [2.75, 3.05) is 0 Å². The molecule has 0 aliphatic heterocycles. The maximum absolute atomic E-state index is 10.5. The molecule has 0 saturated carbocycles. The molecular weight excluding hydrogens is 208 g/mol. The Balaban J connectivity index is 2.35. The van der Waals surface area contributed by atoms with Gasteiger partial charge in [-0.05, 0) is 24.6 Å². The summed E-state index contributed by atoms with van der Waals surface area (Å²) in [6, 6.07) is 5.65. The minimum Gasteiger partial charge on any atom is -0.481 e. The van der Waals surface area contributed by atoms with Gasteiger partial charge in [0.1, 0.15) is 11.9 Å². The number of aliphatic hydroxyl groups excluding tert-OH is 1. The van der Waals surface area contributed by atoms with Gasteiger partial charge >= 0.3 is 5.97 Å². The molecule has 2 aromatic rings. The molecule has 0 aliphatic rings. The van der Waals surface area contributed by atoms with Crippen molar-refractivity contribution >= 4 is 17.0 Å². The van der Waals surface area contributed by atoms with Gasteiger partial charge in [0.05, 0.1) is 17.5 Å². The van der Waals surface area contributed by atoms with Gasteiger partial charge in [0, 0.05) is 0 Å². The van der Waals surface area contributed by atoms with Crippen LogP contribution in [0.5, 0.6) is 0 Å². The van der Waals surface area contributed by atoms with Gasteiger partial charge in [-0.1, -0.05) is 6.07 Å². The Hall–Kier alpha value is -1.88. The van der Waals surface area contributed by atoms with E-state index in [2.05, 4.69) is 9.97 Å². The Morgan fingerprint density at radius 1 is 1.56 bits per heavy atom. The van der Waals surface area contributed by atoms with E-state index in [1.54, 1.807) is 0 Å². The molecule has 1 heterocycles. The second-order valence-corrected chi connectivity index (χ2v) is 3.76. The number of nitrogens with one attached hydrogen (secondary N) is 1. The summed E-state index contributed by atoms with van der Waals surface area (Å²) in [7, 11) is 0. The van der Waals surface area contributed by atoms with Gasteiger partial charge in [-0.3, -0.25) is 4.79 Å². The first-order valence-electron chi connectivity index (χ1n) is 4.92. The Morgan fingerprint density at radius 3 is 3.00 bits per heavy atom. The number of rotatable bonds is 3. The first-order valence-corrected chi connectivity index (χ1v) is 4.92. The molecule has 2 rings (SSSR count). The van der Waals surface area contributed by atoms with Gasteiger partial charge in [0.15, 0.2) is 0 Å². The van der Waals surface area contributed by atoms with Crippen molar-refractivity contribution in [2.45, 2.75) is 19.4 Å². The van der Waals surface area contributed by atoms with Crippen LogP contribution in [0.25, 0.3) is 11.0 Å². The number of aromatic nitrogens is 2. The monoisotopic (exact) mass is 220 g/mol. The van der Waals surface area contributed by atoms with Crippen LogP contribution in [-0.2, 0) is 4.79 Å². The number of hydrogen-bond donors (Lipinski definition) is 3. The van der Waals surface area contributed by atoms with E-state index in [1.165, 1.54) is 0 Å². The number of carbonyl (C=O) groups is 1. The predicted octanol–water partition coefficient (Wildman–Crippen LogP) is 1.38. The summed E-state index contributed by atoms with van der Waals surface area (Å²) in [5.74, 6) is -0.757. The molecule has 0 saturated heterocycles. The molecule has 84 valence electrons. The van der Waals surface area contributed by atoms with E-state index in [4.69, 9.17) is 5.11 Å². The van der Waals surface area contributed by atoms with Crippen molar-refractivity contribution < 1.29 is 15.0 Å². The largest absolute Gasteiger partial charge is 0.481 e. The summed E-state index contributed by atoms with van der Waals surface area (Å²) in [5.41, 5.74) is 2.61. The van der Waals surface area contributed by atoms with Gasteiger partial charge in [-0.25, -0.2) is 4.98 Å². The van der Waals surface area contributed by atoms with Crippen LogP contribution in [0, 0.1) is 6.92 Å². The van der Waals surface area contributed by atoms with E-state index in [0.717, 1.165) is 16.6 Å². The third kappa shape index (κ3) is 2.04. The number of carboxylic acid groups (broad SMARTS) is 1. The molecule has 1 aromatic heterocycles. The smallest absolute Gasteiger partial charge is 0.306 e. The maximum Gasteiger partial charge on any atom is 0.306 e. The highest BCUT2D eigenvalue weighted by Crippen LogP contribution is 2.19. The van der Waals surface area contributed by atoms with Crippen LogP contribution in [0.1, 0.15) is 23.9 Å². The number of aryl methyl sites for hydroxylation is 1. The van der Waals surface area contributed by atoms with Gasteiger partial charge < -0.3 is 15.2 Å². The first kappa shape index (κ1) is 10.6. The van der Waals surface area contributed by atoms with Gasteiger partial charge in [0.25, 0.3) is 0 Å². The van der Waals surface area contributed by atoms with E-state index in [9.17, 15) is 9.90 Å². The Kier molecular flexibility index (Phi) is 2.62. The normalized spacial score (nSPS) is 12.9. The summed E-state index contributed by atoms with van der Waals surface area (Å²) in [6.07, 6.45) is -1.44. The molecule has 1 unspecified atom stereocenters. The molecule has 1 aromatic carbocycles. The van der Waals surface area contributed by atoms with Crippen molar-refractivity contribution in [1.29, 1.82) is 0 Å². The number of H-pyrrole nitrogens is 1. The molecule has 5 nitrogen and oxygen atoms in total. The molecule has 0 fully saturated rings. The van der Waals surface area contributed by atoms with Crippen LogP contribution < -0.4 is 0 Å². The predicted molar refractivity (Wildman–Crippen MR) is 58.0 cm³/mol. The topological polar surface area (TPSA) is 86.2 Å². The van der Waals surface area contributed by atoms with E-state index in [0.29, 0.717) is 5.82 Å². The fraction of sp³-hybridized carbons (Fsp3) is 0.273. The summed E-state index contributed by atoms with van der Waals surface area (Å²) in [6.45, 7) is 1.95. The summed E-state index contributed by atoms with van der Waals surface area (Å²) < 4.78 is 0. The number of imidazole rings is 1. The van der Waals surface area contributed by atoms with Gasteiger partial charge in [-0.15, -0.1) is 0 Å². The molecule has 16 heavy (non-hydrogen) atoms. The molecule has 3 N–H and O–H groups in total. The number of fused-ring (bicyclic) bond motifs is 1. The number of aromatic amines is 1. The second-order valence-electron chi connectivity index (χ2n) is 3.76. The summed E-state index contributed by atoms with van der Waals surface area (Å²) >= 11 is 0. The Bertz CT molecular complexity index is 533. The number of carboxylic acids is 1. The van der Waals surface area contributed by atoms with Gasteiger partial charge in [0.2, 0.25) is 0 Å². The zero-order valence-corrected chi connectivity index (χ0v) is 8.77. The maximum atomic E-state index is 10.5. The third-order valence-electron chi connectivity index (χ3n) is 2.34. The minimum atomic E-state index is -1.09. The number of aliphatic carboxylic acids is 1. The van der Waals surface area contributed by atoms with Crippen molar-refractivity contribution in [1.82, 2.24) is 9.97 Å². The van der Waals surface area contributed by atoms with Crippen LogP contribution in [-0.4, -0.2) is 26.2 Å². The fourth-order valence-corrected chi connectivity index (χ4v) is 1.56. The zero-order valence-electron chi connectivity index (χ0n) is 8.77. The SMILES string of the molecule is Cc1ccc2nc(C(O)CC(=O)O)[nH]c2c1. The molecule has 0 bridgehead atoms. The number of hydrogen-bond acceptors (Lipinski definition) is 3. The van der Waals surface area contributed by atoms with Crippen LogP contribution in [0.4, 0.5) is 0 Å². The van der Waals surface area contributed by atoms with Crippen molar-refractivity contribution in [3.63, 3.8) is 0 Å². The Labute approximate surface area is 91.8 Å². The van der Waals surface area contributed by atoms with E-state index >= 15 is 0 Å². The lowest BCUT2D eigenvalue weighted by molar-refractivity contribution is -0.139. The van der Waals surface area contributed by atoms with E-state index in [-0.39, 0.29) is 6.42 Å². The average Bonchev–Trinajstić information content (AvgIpc) is 2.59. The molecule has 5 heteroatoms. The molecule has 0 amide bonds. The lowest BCUT2D eigenvalue weighted by Crippen LogP contribution is -2.06. The molecule has 0 aliphatic carbocycles. The highest BCUT2D eigenvalue weighted by molar-refractivity contribution is 5.76. The second kappa shape index (κ2) is 3.94. The van der Waals surface area contributed by atoms with Crippen LogP contribution in [0.3, 0.4) is 0 Å². The number of aliphatic hydroxyl groups is 1. The number of benzene rings is 1. The fourth-order valence-electron chi connectivity index (χ4n) is 1.56. The highest BCUT2D eigenvalue weighted by Gasteiger charge is 2.15. The van der Waals surface area contributed by atoms with Gasteiger partial charge in [-0.2, -0.15) is 0 Å². The first-order chi connectivity index (χ1) is 7.56. The molecule has 0 spiro atoms. The van der Waals surface area contributed by atoms with E-state index in [1.807, 2.05) is 25.1 Å². The zero-order chi connectivity index (χ0) is 11.7. The minimum absolute atomic E-state index is 0.294. The Morgan fingerprint density at radius 2 is 2.31 bits per heavy atom. The van der Waals surface area contributed by atoms with E-state index < -0.39 is 12.1 Å². The van der Waals surface area contributed by atoms with Crippen LogP contribution in [0.15, 0.2) is 18.2 Å². The number of nitrogens with zero attached hydrogens (tertiary/aromatic N) is 1. The molecule has 1 atom stereocenters. The summed E-state index contributed by atoms with van der Waals surface area (Å²) in [5, 5.41) is 18.1. The average molecular weight is 220 g/mol. The lowest BCUT2D eigenvalue weighted by atomic mass is 10.2. The lowest BCUT2D eigenvalue weighted by Gasteiger charge is -2.02. The van der Waals surface area contributed by atoms with Crippen LogP contribution >= 0.6 is 0 Å². The quantitative estimate of drug-likeness (QED) is 0.729. The van der Waals surface area contributed by atoms with Crippen LogP contribution in [0.2, 0.25) is 0 Å². The third-order valence-corrected chi connectivity index (χ3v) is 2.34. The standard InChI is InChI=1S/C11H12N2O3/c1-6-2-3-7-8(4-6)13-11(12-7)9(14)5-10(15)16/h2-4,9,14H,5H2,1H3,(H,12,13)(H,15,16). The molecule has 0 radical (unpaired) electrons. The highest BCUT2D eigenvalue weighted by atomic mass is 16.4. The van der Waals surface area contributed by atoms with Crippen molar-refractivity contribution in [3.05, 3.63) is 29.6 Å².